The Morgan fingerprint density at radius 1 is 1.33 bits per heavy atom. The first kappa shape index (κ1) is 14.6. The largest absolute Gasteiger partial charge is 0.387 e. The Bertz CT molecular complexity index is 407. The van der Waals surface area contributed by atoms with E-state index in [1.165, 1.54) is 12.1 Å². The monoisotopic (exact) mass is 249 g/mol. The molecule has 0 aliphatic carbocycles. The standard InChI is InChI=1S/C15H20FNO/c1-4-8-17(9-5-2)11-15(18)14-7-6-13(16)10-12(14)3/h4-7,10,15,18H,1-2,8-9,11H2,3H3. The van der Waals surface area contributed by atoms with Gasteiger partial charge in [0.15, 0.2) is 0 Å². The first-order valence-corrected chi connectivity index (χ1v) is 5.96. The van der Waals surface area contributed by atoms with E-state index in [9.17, 15) is 9.50 Å². The lowest BCUT2D eigenvalue weighted by molar-refractivity contribution is 0.125. The van der Waals surface area contributed by atoms with Crippen molar-refractivity contribution in [1.29, 1.82) is 0 Å². The summed E-state index contributed by atoms with van der Waals surface area (Å²) in [7, 11) is 0. The fourth-order valence-electron chi connectivity index (χ4n) is 1.94. The van der Waals surface area contributed by atoms with Crippen LogP contribution >= 0.6 is 0 Å². The number of nitrogens with zero attached hydrogens (tertiary/aromatic N) is 1. The SMILES string of the molecule is C=CCN(CC=C)CC(O)c1ccc(F)cc1C. The van der Waals surface area contributed by atoms with Crippen LogP contribution in [0.2, 0.25) is 0 Å². The van der Waals surface area contributed by atoms with Crippen LogP contribution in [0.3, 0.4) is 0 Å². The summed E-state index contributed by atoms with van der Waals surface area (Å²) < 4.78 is 13.0. The van der Waals surface area contributed by atoms with E-state index >= 15 is 0 Å². The van der Waals surface area contributed by atoms with Crippen LogP contribution in [0.15, 0.2) is 43.5 Å². The molecule has 0 saturated carbocycles. The van der Waals surface area contributed by atoms with Crippen molar-refractivity contribution >= 4 is 0 Å². The van der Waals surface area contributed by atoms with Crippen molar-refractivity contribution in [3.63, 3.8) is 0 Å². The van der Waals surface area contributed by atoms with Gasteiger partial charge in [-0.1, -0.05) is 18.2 Å². The van der Waals surface area contributed by atoms with Crippen LogP contribution in [0.4, 0.5) is 4.39 Å². The summed E-state index contributed by atoms with van der Waals surface area (Å²) >= 11 is 0. The van der Waals surface area contributed by atoms with E-state index in [-0.39, 0.29) is 5.82 Å². The van der Waals surface area contributed by atoms with E-state index in [4.69, 9.17) is 0 Å². The van der Waals surface area contributed by atoms with Gasteiger partial charge in [-0.2, -0.15) is 0 Å². The van der Waals surface area contributed by atoms with E-state index in [1.807, 2.05) is 4.90 Å². The molecule has 98 valence electrons. The molecular formula is C15H20FNO. The number of benzene rings is 1. The summed E-state index contributed by atoms with van der Waals surface area (Å²) in [4.78, 5) is 2.02. The molecule has 0 bridgehead atoms. The van der Waals surface area contributed by atoms with Crippen molar-refractivity contribution in [1.82, 2.24) is 4.90 Å². The normalized spacial score (nSPS) is 12.4. The van der Waals surface area contributed by atoms with Crippen molar-refractivity contribution in [2.45, 2.75) is 13.0 Å². The fraction of sp³-hybridized carbons (Fsp3) is 0.333. The second-order valence-electron chi connectivity index (χ2n) is 4.31. The number of aryl methyl sites for hydroxylation is 1. The third kappa shape index (κ3) is 4.09. The lowest BCUT2D eigenvalue weighted by Gasteiger charge is -2.23. The molecule has 1 aromatic rings. The molecule has 0 saturated heterocycles. The quantitative estimate of drug-likeness (QED) is 0.751. The molecular weight excluding hydrogens is 229 g/mol. The van der Waals surface area contributed by atoms with Gasteiger partial charge in [0, 0.05) is 19.6 Å². The smallest absolute Gasteiger partial charge is 0.123 e. The second-order valence-corrected chi connectivity index (χ2v) is 4.31. The maximum Gasteiger partial charge on any atom is 0.123 e. The van der Waals surface area contributed by atoms with Gasteiger partial charge in [-0.3, -0.25) is 4.90 Å². The van der Waals surface area contributed by atoms with Crippen LogP contribution in [-0.2, 0) is 0 Å². The van der Waals surface area contributed by atoms with Gasteiger partial charge in [-0.25, -0.2) is 4.39 Å². The summed E-state index contributed by atoms with van der Waals surface area (Å²) in [5, 5.41) is 10.2. The molecule has 0 aliphatic heterocycles. The summed E-state index contributed by atoms with van der Waals surface area (Å²) in [6.07, 6.45) is 2.94. The predicted molar refractivity (Wildman–Crippen MR) is 72.9 cm³/mol. The lowest BCUT2D eigenvalue weighted by atomic mass is 10.0. The molecule has 1 N–H and O–H groups in total. The Kier molecular flexibility index (Phi) is 5.75. The zero-order valence-corrected chi connectivity index (χ0v) is 10.8. The van der Waals surface area contributed by atoms with E-state index in [1.54, 1.807) is 25.1 Å². The maximum atomic E-state index is 13.0. The number of aliphatic hydroxyl groups excluding tert-OH is 1. The minimum absolute atomic E-state index is 0.280. The van der Waals surface area contributed by atoms with Crippen molar-refractivity contribution in [3.8, 4) is 0 Å². The van der Waals surface area contributed by atoms with Gasteiger partial charge in [-0.15, -0.1) is 13.2 Å². The fourth-order valence-corrected chi connectivity index (χ4v) is 1.94. The van der Waals surface area contributed by atoms with E-state index in [2.05, 4.69) is 13.2 Å². The molecule has 0 fully saturated rings. The highest BCUT2D eigenvalue weighted by molar-refractivity contribution is 5.28. The number of hydrogen-bond acceptors (Lipinski definition) is 2. The summed E-state index contributed by atoms with van der Waals surface area (Å²) in [6.45, 7) is 11.0. The number of aliphatic hydroxyl groups is 1. The molecule has 1 rings (SSSR count). The molecule has 2 nitrogen and oxygen atoms in total. The highest BCUT2D eigenvalue weighted by Gasteiger charge is 2.14. The summed E-state index contributed by atoms with van der Waals surface area (Å²) in [5.41, 5.74) is 1.52. The molecule has 0 aliphatic rings. The molecule has 1 aromatic carbocycles. The van der Waals surface area contributed by atoms with Gasteiger partial charge < -0.3 is 5.11 Å². The second kappa shape index (κ2) is 7.09. The van der Waals surface area contributed by atoms with Crippen molar-refractivity contribution in [3.05, 3.63) is 60.5 Å². The first-order chi connectivity index (χ1) is 8.58. The van der Waals surface area contributed by atoms with E-state index in [0.29, 0.717) is 19.6 Å². The third-order valence-electron chi connectivity index (χ3n) is 2.80. The zero-order chi connectivity index (χ0) is 13.5. The highest BCUT2D eigenvalue weighted by atomic mass is 19.1. The van der Waals surface area contributed by atoms with Crippen molar-refractivity contribution in [2.75, 3.05) is 19.6 Å². The van der Waals surface area contributed by atoms with Gasteiger partial charge in [0.05, 0.1) is 6.10 Å². The molecule has 18 heavy (non-hydrogen) atoms. The van der Waals surface area contributed by atoms with Crippen LogP contribution in [0.25, 0.3) is 0 Å². The Hall–Kier alpha value is -1.45. The molecule has 0 spiro atoms. The Labute approximate surface area is 108 Å². The topological polar surface area (TPSA) is 23.5 Å². The zero-order valence-electron chi connectivity index (χ0n) is 10.8. The predicted octanol–water partition coefficient (Wildman–Crippen LogP) is 2.84. The van der Waals surface area contributed by atoms with E-state index in [0.717, 1.165) is 11.1 Å². The molecule has 1 unspecified atom stereocenters. The van der Waals surface area contributed by atoms with Crippen LogP contribution in [0.5, 0.6) is 0 Å². The Morgan fingerprint density at radius 2 is 1.94 bits per heavy atom. The lowest BCUT2D eigenvalue weighted by Crippen LogP contribution is -2.29. The van der Waals surface area contributed by atoms with Crippen molar-refractivity contribution in [2.24, 2.45) is 0 Å². The first-order valence-electron chi connectivity index (χ1n) is 5.96. The average molecular weight is 249 g/mol. The third-order valence-corrected chi connectivity index (χ3v) is 2.80. The van der Waals surface area contributed by atoms with Gasteiger partial charge in [0.25, 0.3) is 0 Å². The Balaban J connectivity index is 2.75. The summed E-state index contributed by atoms with van der Waals surface area (Å²) in [6, 6.07) is 4.44. The van der Waals surface area contributed by atoms with Gasteiger partial charge >= 0.3 is 0 Å². The molecule has 0 heterocycles. The number of rotatable bonds is 7. The van der Waals surface area contributed by atoms with Crippen molar-refractivity contribution < 1.29 is 9.50 Å². The molecule has 0 amide bonds. The minimum atomic E-state index is -0.634. The van der Waals surface area contributed by atoms with E-state index < -0.39 is 6.10 Å². The minimum Gasteiger partial charge on any atom is -0.387 e. The number of halogens is 1. The average Bonchev–Trinajstić information content (AvgIpc) is 2.29. The van der Waals surface area contributed by atoms with Crippen LogP contribution in [0.1, 0.15) is 17.2 Å². The van der Waals surface area contributed by atoms with Gasteiger partial charge in [-0.05, 0) is 30.2 Å². The molecule has 0 radical (unpaired) electrons. The molecule has 0 aromatic heterocycles. The van der Waals surface area contributed by atoms with Crippen LogP contribution < -0.4 is 0 Å². The van der Waals surface area contributed by atoms with Crippen LogP contribution in [-0.4, -0.2) is 29.6 Å². The highest BCUT2D eigenvalue weighted by Crippen LogP contribution is 2.19. The number of hydrogen-bond donors (Lipinski definition) is 1. The Morgan fingerprint density at radius 3 is 2.44 bits per heavy atom. The molecule has 1 atom stereocenters. The van der Waals surface area contributed by atoms with Crippen LogP contribution in [0, 0.1) is 12.7 Å². The molecule has 3 heteroatoms. The maximum absolute atomic E-state index is 13.0. The van der Waals surface area contributed by atoms with Gasteiger partial charge in [0.1, 0.15) is 5.82 Å². The summed E-state index contributed by atoms with van der Waals surface area (Å²) in [5.74, 6) is -0.280. The van der Waals surface area contributed by atoms with Gasteiger partial charge in [0.2, 0.25) is 0 Å².